The molecule has 2 N–H and O–H groups in total. The minimum atomic E-state index is -4.71. The third-order valence-electron chi connectivity index (χ3n) is 10.1. The Labute approximate surface area is 355 Å². The van der Waals surface area contributed by atoms with Crippen LogP contribution in [0.2, 0.25) is 0 Å². The van der Waals surface area contributed by atoms with Crippen molar-refractivity contribution in [1.29, 1.82) is 0 Å². The number of nitrogens with zero attached hydrogens (tertiary/aromatic N) is 5. The van der Waals surface area contributed by atoms with Gasteiger partial charge >= 0.3 is 6.18 Å². The van der Waals surface area contributed by atoms with Gasteiger partial charge in [-0.15, -0.1) is 0 Å². The van der Waals surface area contributed by atoms with E-state index in [4.69, 9.17) is 4.98 Å². The molecular formula is C50H38F3N7O2. The van der Waals surface area contributed by atoms with Crippen molar-refractivity contribution in [3.05, 3.63) is 186 Å². The van der Waals surface area contributed by atoms with Gasteiger partial charge in [-0.25, -0.2) is 9.97 Å². The van der Waals surface area contributed by atoms with Gasteiger partial charge in [0.2, 0.25) is 11.8 Å². The van der Waals surface area contributed by atoms with E-state index in [1.807, 2.05) is 97.9 Å². The Morgan fingerprint density at radius 1 is 0.516 bits per heavy atom. The molecule has 3 aromatic carbocycles. The molecule has 0 saturated carbocycles. The van der Waals surface area contributed by atoms with E-state index in [1.165, 1.54) is 12.1 Å². The van der Waals surface area contributed by atoms with Crippen molar-refractivity contribution in [2.45, 2.75) is 32.9 Å². The predicted octanol–water partition coefficient (Wildman–Crippen LogP) is 11.0. The number of halogens is 3. The predicted molar refractivity (Wildman–Crippen MR) is 235 cm³/mol. The van der Waals surface area contributed by atoms with E-state index in [9.17, 15) is 22.8 Å². The van der Waals surface area contributed by atoms with Crippen molar-refractivity contribution in [2.75, 3.05) is 10.6 Å². The fourth-order valence-electron chi connectivity index (χ4n) is 7.11. The van der Waals surface area contributed by atoms with Crippen LogP contribution in [0.25, 0.3) is 55.9 Å². The molecule has 0 bridgehead atoms. The topological polar surface area (TPSA) is 123 Å². The number of aromatic nitrogens is 5. The zero-order valence-corrected chi connectivity index (χ0v) is 33.6. The highest BCUT2D eigenvalue weighted by molar-refractivity contribution is 5.92. The molecule has 0 aliphatic heterocycles. The van der Waals surface area contributed by atoms with Crippen LogP contribution in [-0.4, -0.2) is 36.7 Å². The fourth-order valence-corrected chi connectivity index (χ4v) is 7.11. The summed E-state index contributed by atoms with van der Waals surface area (Å²) < 4.78 is 44.1. The number of alkyl halides is 3. The number of nitrogens with one attached hydrogen (secondary N) is 2. The average molecular weight is 826 g/mol. The second kappa shape index (κ2) is 17.8. The standard InChI is InChI=1S/C50H38F3N7O2/c1-31-21-40(36-13-10-33(11-14-36)24-48(61)59-47-19-16-39(30-56-47)37-9-6-20-54-28-37)26-44(57-31)45-27-41(22-32(2)58-45)42-17-12-34(23-43(42)50(51,52)53)25-49(62)60-46-18-15-38(29-55-46)35-7-4-3-5-8-35/h3-23,26-30H,24-25H2,1-2H3,(H,55,60,62)(H,56,59,61). The summed E-state index contributed by atoms with van der Waals surface area (Å²) in [5.74, 6) is 0.0327. The van der Waals surface area contributed by atoms with Crippen molar-refractivity contribution >= 4 is 23.5 Å². The quantitative estimate of drug-likeness (QED) is 0.133. The number of aryl methyl sites for hydroxylation is 2. The summed E-state index contributed by atoms with van der Waals surface area (Å²) in [6.07, 6.45) is 1.91. The number of rotatable bonds is 11. The molecule has 0 radical (unpaired) electrons. The molecule has 8 rings (SSSR count). The lowest BCUT2D eigenvalue weighted by Gasteiger charge is -2.16. The van der Waals surface area contributed by atoms with Crippen LogP contribution in [0.1, 0.15) is 28.1 Å². The first kappa shape index (κ1) is 40.9. The normalized spacial score (nSPS) is 11.2. The first-order valence-corrected chi connectivity index (χ1v) is 19.7. The second-order valence-corrected chi connectivity index (χ2v) is 14.8. The smallest absolute Gasteiger partial charge is 0.310 e. The second-order valence-electron chi connectivity index (χ2n) is 14.8. The SMILES string of the molecule is Cc1cc(-c2ccc(CC(=O)Nc3ccc(-c4cccnc4)cn3)cc2)cc(-c2cc(-c3ccc(CC(=O)Nc4ccc(-c5ccccc5)cn4)cc3C(F)(F)F)cc(C)n2)n1. The van der Waals surface area contributed by atoms with E-state index in [1.54, 1.807) is 56.0 Å². The minimum Gasteiger partial charge on any atom is -0.310 e. The van der Waals surface area contributed by atoms with Crippen LogP contribution in [0.15, 0.2) is 158 Å². The maximum atomic E-state index is 14.7. The van der Waals surface area contributed by atoms with Gasteiger partial charge in [0, 0.05) is 52.9 Å². The van der Waals surface area contributed by atoms with Gasteiger partial charge in [0.1, 0.15) is 11.6 Å². The summed E-state index contributed by atoms with van der Waals surface area (Å²) in [5, 5.41) is 5.53. The molecule has 0 aliphatic rings. The molecule has 0 unspecified atom stereocenters. The first-order valence-electron chi connectivity index (χ1n) is 19.7. The molecule has 8 aromatic rings. The lowest BCUT2D eigenvalue weighted by molar-refractivity contribution is -0.137. The van der Waals surface area contributed by atoms with Crippen LogP contribution in [0, 0.1) is 13.8 Å². The van der Waals surface area contributed by atoms with Crippen molar-refractivity contribution in [2.24, 2.45) is 0 Å². The van der Waals surface area contributed by atoms with E-state index in [0.29, 0.717) is 40.0 Å². The maximum Gasteiger partial charge on any atom is 0.417 e. The number of benzene rings is 3. The van der Waals surface area contributed by atoms with Crippen molar-refractivity contribution in [1.82, 2.24) is 24.9 Å². The molecule has 0 saturated heterocycles. The number of hydrogen-bond acceptors (Lipinski definition) is 7. The van der Waals surface area contributed by atoms with Gasteiger partial charge in [0.05, 0.1) is 29.8 Å². The highest BCUT2D eigenvalue weighted by Gasteiger charge is 2.34. The van der Waals surface area contributed by atoms with Crippen molar-refractivity contribution in [3.8, 4) is 55.9 Å². The molecule has 306 valence electrons. The molecule has 2 amide bonds. The Bertz CT molecular complexity index is 2870. The summed E-state index contributed by atoms with van der Waals surface area (Å²) in [4.78, 5) is 48.0. The Kier molecular flexibility index (Phi) is 11.7. The molecule has 0 spiro atoms. The zero-order chi connectivity index (χ0) is 43.2. The molecule has 9 nitrogen and oxygen atoms in total. The Hall–Kier alpha value is -7.86. The van der Waals surface area contributed by atoms with Gasteiger partial charge in [-0.1, -0.05) is 72.8 Å². The summed E-state index contributed by atoms with van der Waals surface area (Å²) in [7, 11) is 0. The molecule has 62 heavy (non-hydrogen) atoms. The van der Waals surface area contributed by atoms with Crippen LogP contribution in [0.3, 0.4) is 0 Å². The Morgan fingerprint density at radius 3 is 1.61 bits per heavy atom. The molecular weight excluding hydrogens is 788 g/mol. The highest BCUT2D eigenvalue weighted by atomic mass is 19.4. The lowest BCUT2D eigenvalue weighted by Crippen LogP contribution is -2.16. The summed E-state index contributed by atoms with van der Waals surface area (Å²) in [5.41, 5.74) is 7.82. The van der Waals surface area contributed by atoms with Gasteiger partial charge in [-0.3, -0.25) is 24.5 Å². The van der Waals surface area contributed by atoms with E-state index in [0.717, 1.165) is 45.0 Å². The Morgan fingerprint density at radius 2 is 1.03 bits per heavy atom. The molecule has 12 heteroatoms. The van der Waals surface area contributed by atoms with E-state index >= 15 is 0 Å². The number of amides is 2. The molecule has 0 aliphatic carbocycles. The maximum absolute atomic E-state index is 14.7. The third kappa shape index (κ3) is 9.94. The van der Waals surface area contributed by atoms with Gasteiger partial charge in [0.25, 0.3) is 0 Å². The monoisotopic (exact) mass is 825 g/mol. The number of pyridine rings is 5. The van der Waals surface area contributed by atoms with E-state index in [-0.39, 0.29) is 29.9 Å². The largest absolute Gasteiger partial charge is 0.417 e. The number of anilines is 2. The summed E-state index contributed by atoms with van der Waals surface area (Å²) >= 11 is 0. The average Bonchev–Trinajstić information content (AvgIpc) is 3.27. The minimum absolute atomic E-state index is 0.0448. The fraction of sp³-hybridized carbons (Fsp3) is 0.100. The molecule has 5 heterocycles. The van der Waals surface area contributed by atoms with E-state index in [2.05, 4.69) is 30.6 Å². The molecule has 0 atom stereocenters. The van der Waals surface area contributed by atoms with Gasteiger partial charge in [-0.05, 0) is 113 Å². The zero-order valence-electron chi connectivity index (χ0n) is 33.6. The van der Waals surface area contributed by atoms with Gasteiger partial charge in [0.15, 0.2) is 0 Å². The summed E-state index contributed by atoms with van der Waals surface area (Å²) in [6, 6.07) is 39.0. The number of hydrogen-bond donors (Lipinski definition) is 2. The van der Waals surface area contributed by atoms with Gasteiger partial charge in [-0.2, -0.15) is 13.2 Å². The lowest BCUT2D eigenvalue weighted by atomic mass is 9.95. The number of carbonyl (C=O) groups excluding carboxylic acids is 2. The molecule has 0 fully saturated rings. The summed E-state index contributed by atoms with van der Waals surface area (Å²) in [6.45, 7) is 3.56. The third-order valence-corrected chi connectivity index (χ3v) is 10.1. The van der Waals surface area contributed by atoms with Crippen molar-refractivity contribution < 1.29 is 22.8 Å². The highest BCUT2D eigenvalue weighted by Crippen LogP contribution is 2.39. The van der Waals surface area contributed by atoms with Crippen LogP contribution in [0.4, 0.5) is 24.8 Å². The van der Waals surface area contributed by atoms with Crippen LogP contribution in [-0.2, 0) is 28.6 Å². The van der Waals surface area contributed by atoms with Crippen LogP contribution < -0.4 is 10.6 Å². The van der Waals surface area contributed by atoms with Crippen LogP contribution >= 0.6 is 0 Å². The Balaban J connectivity index is 0.964. The van der Waals surface area contributed by atoms with Gasteiger partial charge < -0.3 is 10.6 Å². The molecule has 5 aromatic heterocycles. The van der Waals surface area contributed by atoms with E-state index < -0.39 is 17.6 Å². The van der Waals surface area contributed by atoms with Crippen LogP contribution in [0.5, 0.6) is 0 Å². The first-order chi connectivity index (χ1) is 29.9. The van der Waals surface area contributed by atoms with Crippen molar-refractivity contribution in [3.63, 3.8) is 0 Å². The number of carbonyl (C=O) groups is 2.